The van der Waals surface area contributed by atoms with Gasteiger partial charge in [-0.1, -0.05) is 0 Å². The van der Waals surface area contributed by atoms with Gasteiger partial charge in [0.25, 0.3) is 11.9 Å². The van der Waals surface area contributed by atoms with E-state index in [1.807, 2.05) is 4.90 Å². The fourth-order valence-corrected chi connectivity index (χ4v) is 4.06. The number of piperazine rings is 1. The van der Waals surface area contributed by atoms with Gasteiger partial charge >= 0.3 is 0 Å². The zero-order valence-electron chi connectivity index (χ0n) is 19.0. The summed E-state index contributed by atoms with van der Waals surface area (Å²) in [4.78, 5) is 42.9. The predicted molar refractivity (Wildman–Crippen MR) is 113 cm³/mol. The Morgan fingerprint density at radius 2 is 1.77 bits per heavy atom. The van der Waals surface area contributed by atoms with Gasteiger partial charge in [-0.2, -0.15) is 0 Å². The first-order valence-electron chi connectivity index (χ1n) is 10.6. The number of methoxy groups -OCH3 is 1. The molecule has 1 aromatic rings. The lowest BCUT2D eigenvalue weighted by molar-refractivity contribution is -0.139. The van der Waals surface area contributed by atoms with Crippen molar-refractivity contribution in [2.24, 2.45) is 5.92 Å². The third-order valence-electron chi connectivity index (χ3n) is 5.68. The number of nitrogens with zero attached hydrogens (tertiary/aromatic N) is 3. The van der Waals surface area contributed by atoms with E-state index in [0.717, 1.165) is 45.9 Å². The molecule has 2 amide bonds. The zero-order valence-corrected chi connectivity index (χ0v) is 19.0. The Labute approximate surface area is 182 Å². The van der Waals surface area contributed by atoms with Crippen LogP contribution in [-0.4, -0.2) is 90.2 Å². The highest BCUT2D eigenvalue weighted by molar-refractivity contribution is 5.92. The van der Waals surface area contributed by atoms with Gasteiger partial charge in [-0.05, 0) is 33.2 Å². The highest BCUT2D eigenvalue weighted by Crippen LogP contribution is 2.29. The van der Waals surface area contributed by atoms with Crippen LogP contribution in [0.25, 0.3) is 0 Å². The Hall–Kier alpha value is -2.46. The molecule has 0 radical (unpaired) electrons. The molecule has 0 spiro atoms. The Kier molecular flexibility index (Phi) is 9.00. The van der Waals surface area contributed by atoms with Gasteiger partial charge < -0.3 is 29.4 Å². The average molecular weight is 439 g/mol. The number of hydrogen-bond donors (Lipinski definition) is 2. The van der Waals surface area contributed by atoms with E-state index in [1.165, 1.54) is 0 Å². The maximum atomic E-state index is 12.9. The van der Waals surface area contributed by atoms with Crippen LogP contribution in [0.2, 0.25) is 0 Å². The van der Waals surface area contributed by atoms with Gasteiger partial charge in [-0.25, -0.2) is 4.98 Å². The van der Waals surface area contributed by atoms with E-state index >= 15 is 0 Å². The monoisotopic (exact) mass is 438 g/mol. The summed E-state index contributed by atoms with van der Waals surface area (Å²) in [6, 6.07) is -0.220. The minimum atomic E-state index is -0.833. The van der Waals surface area contributed by atoms with E-state index in [0.29, 0.717) is 18.0 Å². The molecule has 2 N–H and O–H groups in total. The smallest absolute Gasteiger partial charge is 0.300 e. The molecular weight excluding hydrogens is 404 g/mol. The number of carbonyl (C=O) groups is 3. The first kappa shape index (κ1) is 24.8. The highest BCUT2D eigenvalue weighted by Gasteiger charge is 2.37. The molecule has 174 valence electrons. The second-order valence-corrected chi connectivity index (χ2v) is 8.16. The molecule has 1 saturated carbocycles. The van der Waals surface area contributed by atoms with Crippen LogP contribution in [0.5, 0.6) is 0 Å². The number of oxazole rings is 1. The van der Waals surface area contributed by atoms with Crippen LogP contribution < -0.4 is 5.32 Å². The van der Waals surface area contributed by atoms with Crippen molar-refractivity contribution in [3.05, 3.63) is 17.3 Å². The second-order valence-electron chi connectivity index (χ2n) is 8.16. The summed E-state index contributed by atoms with van der Waals surface area (Å²) < 4.78 is 11.0. The van der Waals surface area contributed by atoms with Crippen LogP contribution >= 0.6 is 0 Å². The van der Waals surface area contributed by atoms with Crippen molar-refractivity contribution in [3.63, 3.8) is 0 Å². The topological polar surface area (TPSA) is 125 Å². The van der Waals surface area contributed by atoms with Gasteiger partial charge in [-0.3, -0.25) is 14.4 Å². The molecular formula is C21H34N4O6. The van der Waals surface area contributed by atoms with Crippen LogP contribution in [-0.2, 0) is 14.3 Å². The summed E-state index contributed by atoms with van der Waals surface area (Å²) in [6.45, 7) is 7.90. The summed E-state index contributed by atoms with van der Waals surface area (Å²) in [5.74, 6) is -0.318. The van der Waals surface area contributed by atoms with Gasteiger partial charge in [0.05, 0.1) is 17.8 Å². The van der Waals surface area contributed by atoms with Gasteiger partial charge in [0.2, 0.25) is 11.7 Å². The summed E-state index contributed by atoms with van der Waals surface area (Å²) >= 11 is 0. The predicted octanol–water partition coefficient (Wildman–Crippen LogP) is 1.07. The molecule has 1 aliphatic heterocycles. The van der Waals surface area contributed by atoms with Crippen LogP contribution in [0.15, 0.2) is 4.42 Å². The number of aryl methyl sites for hydroxylation is 2. The minimum absolute atomic E-state index is 0.0809. The number of aliphatic carboxylic acids is 1. The molecule has 31 heavy (non-hydrogen) atoms. The molecule has 10 heteroatoms. The number of carbonyl (C=O) groups excluding carboxylic acids is 2. The Bertz CT molecular complexity index is 768. The molecule has 1 saturated heterocycles. The van der Waals surface area contributed by atoms with Crippen molar-refractivity contribution < 1.29 is 28.6 Å². The maximum Gasteiger partial charge on any atom is 0.300 e. The Morgan fingerprint density at radius 1 is 1.16 bits per heavy atom. The number of hydrogen-bond acceptors (Lipinski definition) is 7. The van der Waals surface area contributed by atoms with E-state index in [1.54, 1.807) is 21.0 Å². The molecule has 10 nitrogen and oxygen atoms in total. The fraction of sp³-hybridized carbons (Fsp3) is 0.714. The van der Waals surface area contributed by atoms with Crippen molar-refractivity contribution in [2.75, 3.05) is 40.3 Å². The van der Waals surface area contributed by atoms with Crippen molar-refractivity contribution in [1.29, 1.82) is 0 Å². The molecule has 1 aromatic heterocycles. The van der Waals surface area contributed by atoms with Gasteiger partial charge in [0, 0.05) is 53.1 Å². The van der Waals surface area contributed by atoms with Gasteiger partial charge in [-0.15, -0.1) is 0 Å². The summed E-state index contributed by atoms with van der Waals surface area (Å²) in [5, 5.41) is 10.4. The number of nitrogens with one attached hydrogen (secondary N) is 1. The number of aromatic nitrogens is 1. The molecule has 0 aromatic carbocycles. The summed E-state index contributed by atoms with van der Waals surface area (Å²) in [6.07, 6.45) is 2.02. The fourth-order valence-electron chi connectivity index (χ4n) is 4.06. The summed E-state index contributed by atoms with van der Waals surface area (Å²) in [7, 11) is 3.72. The minimum Gasteiger partial charge on any atom is -0.481 e. The molecule has 3 rings (SSSR count). The SMILES string of the molecule is CC(=O)O.CO[C@@H]1CC[C@H](C(=O)N2CCN(C)CC2)C[C@H]1NC(=O)c1oc(C)nc1C. The van der Waals surface area contributed by atoms with Crippen LogP contribution in [0.4, 0.5) is 0 Å². The number of likely N-dealkylation sites (N-methyl/N-ethyl adjacent to an activating group) is 1. The number of amides is 2. The summed E-state index contributed by atoms with van der Waals surface area (Å²) in [5.41, 5.74) is 0.569. The van der Waals surface area contributed by atoms with E-state index < -0.39 is 5.97 Å². The van der Waals surface area contributed by atoms with Gasteiger partial charge in [0.1, 0.15) is 0 Å². The molecule has 0 bridgehead atoms. The maximum absolute atomic E-state index is 12.9. The van der Waals surface area contributed by atoms with Crippen LogP contribution in [0, 0.1) is 19.8 Å². The Morgan fingerprint density at radius 3 is 2.29 bits per heavy atom. The van der Waals surface area contributed by atoms with E-state index in [-0.39, 0.29) is 35.6 Å². The molecule has 3 atom stereocenters. The largest absolute Gasteiger partial charge is 0.481 e. The molecule has 1 aliphatic carbocycles. The third-order valence-corrected chi connectivity index (χ3v) is 5.68. The highest BCUT2D eigenvalue weighted by atomic mass is 16.5. The lowest BCUT2D eigenvalue weighted by atomic mass is 9.82. The van der Waals surface area contributed by atoms with E-state index in [2.05, 4.69) is 22.2 Å². The molecule has 2 heterocycles. The van der Waals surface area contributed by atoms with Crippen molar-refractivity contribution in [2.45, 2.75) is 52.2 Å². The number of rotatable bonds is 4. The first-order valence-corrected chi connectivity index (χ1v) is 10.6. The second kappa shape index (κ2) is 11.2. The molecule has 0 unspecified atom stereocenters. The number of carboxylic acid groups (broad SMARTS) is 1. The number of carboxylic acids is 1. The van der Waals surface area contributed by atoms with Crippen molar-refractivity contribution in [1.82, 2.24) is 20.1 Å². The van der Waals surface area contributed by atoms with Gasteiger partial charge in [0.15, 0.2) is 5.89 Å². The van der Waals surface area contributed by atoms with Crippen LogP contribution in [0.1, 0.15) is 48.3 Å². The Balaban J connectivity index is 0.000000785. The lowest BCUT2D eigenvalue weighted by Gasteiger charge is -2.39. The average Bonchev–Trinajstić information content (AvgIpc) is 3.05. The van der Waals surface area contributed by atoms with Crippen molar-refractivity contribution in [3.8, 4) is 0 Å². The number of ether oxygens (including phenoxy) is 1. The third kappa shape index (κ3) is 7.03. The molecule has 2 fully saturated rings. The van der Waals surface area contributed by atoms with Crippen LogP contribution in [0.3, 0.4) is 0 Å². The quantitative estimate of drug-likeness (QED) is 0.715. The first-order chi connectivity index (χ1) is 14.6. The zero-order chi connectivity index (χ0) is 23.1. The van der Waals surface area contributed by atoms with E-state index in [9.17, 15) is 9.59 Å². The lowest BCUT2D eigenvalue weighted by Crippen LogP contribution is -2.53. The van der Waals surface area contributed by atoms with Crippen molar-refractivity contribution >= 4 is 17.8 Å². The standard InChI is InChI=1S/C19H30N4O4.C2H4O2/c1-12-17(27-13(2)20-12)18(24)21-15-11-14(5-6-16(15)26-4)19(25)23-9-7-22(3)8-10-23;1-2(3)4/h14-16H,5-11H2,1-4H3,(H,21,24);1H3,(H,3,4)/t14-,15+,16+;/m0./s1. The van der Waals surface area contributed by atoms with E-state index in [4.69, 9.17) is 19.1 Å². The normalized spacial score (nSPS) is 24.2. The molecule has 2 aliphatic rings.